The molecule has 0 unspecified atom stereocenters. The van der Waals surface area contributed by atoms with Crippen molar-refractivity contribution in [3.8, 4) is 28.7 Å². The number of hydrogen-bond acceptors (Lipinski definition) is 12. The topological polar surface area (TPSA) is 192 Å². The van der Waals surface area contributed by atoms with E-state index in [0.29, 0.717) is 5.56 Å². The third-order valence-electron chi connectivity index (χ3n) is 5.60. The smallest absolute Gasteiger partial charge is 0.337 e. The SMILES string of the molecule is COC(=O)[C@H]1O[C@H](Oc2cc(O)c3c(c2)O[C@@H](c2ccc(O)c(O)c2)CC3=O)[C@H](O)[C@H](O)[C@H]1O. The number of aliphatic hydroxyl groups excluding tert-OH is 3. The Balaban J connectivity index is 1.60. The van der Waals surface area contributed by atoms with Crippen molar-refractivity contribution in [1.82, 2.24) is 0 Å². The van der Waals surface area contributed by atoms with Crippen LogP contribution >= 0.6 is 0 Å². The fraction of sp³-hybridized carbons (Fsp3) is 0.364. The van der Waals surface area contributed by atoms with E-state index in [9.17, 15) is 40.2 Å². The molecule has 2 aliphatic rings. The average molecular weight is 478 g/mol. The van der Waals surface area contributed by atoms with Gasteiger partial charge in [-0.1, -0.05) is 6.07 Å². The third kappa shape index (κ3) is 4.19. The first-order chi connectivity index (χ1) is 16.1. The molecule has 1 fully saturated rings. The summed E-state index contributed by atoms with van der Waals surface area (Å²) in [5.41, 5.74) is 0.281. The highest BCUT2D eigenvalue weighted by atomic mass is 16.7. The van der Waals surface area contributed by atoms with E-state index < -0.39 is 60.1 Å². The molecule has 4 rings (SSSR count). The normalized spacial score (nSPS) is 28.5. The van der Waals surface area contributed by atoms with Crippen LogP contribution in [0, 0.1) is 0 Å². The molecule has 34 heavy (non-hydrogen) atoms. The van der Waals surface area contributed by atoms with Gasteiger partial charge in [0.1, 0.15) is 47.2 Å². The fourth-order valence-corrected chi connectivity index (χ4v) is 3.80. The van der Waals surface area contributed by atoms with Gasteiger partial charge in [0.25, 0.3) is 0 Å². The number of ketones is 1. The Kier molecular flexibility index (Phi) is 6.23. The molecule has 0 amide bonds. The quantitative estimate of drug-likeness (QED) is 0.252. The van der Waals surface area contributed by atoms with Crippen LogP contribution in [0.4, 0.5) is 0 Å². The van der Waals surface area contributed by atoms with Crippen molar-refractivity contribution >= 4 is 11.8 Å². The minimum absolute atomic E-state index is 0.0702. The lowest BCUT2D eigenvalue weighted by Crippen LogP contribution is -2.61. The van der Waals surface area contributed by atoms with Crippen molar-refractivity contribution in [1.29, 1.82) is 0 Å². The van der Waals surface area contributed by atoms with Crippen molar-refractivity contribution in [3.63, 3.8) is 0 Å². The van der Waals surface area contributed by atoms with Gasteiger partial charge in [0.15, 0.2) is 23.4 Å². The van der Waals surface area contributed by atoms with Crippen molar-refractivity contribution in [2.75, 3.05) is 7.11 Å². The van der Waals surface area contributed by atoms with Crippen LogP contribution in [-0.4, -0.2) is 80.2 Å². The second-order valence-electron chi connectivity index (χ2n) is 7.84. The summed E-state index contributed by atoms with van der Waals surface area (Å²) >= 11 is 0. The van der Waals surface area contributed by atoms with Crippen molar-refractivity contribution in [2.45, 2.75) is 43.2 Å². The number of esters is 1. The number of benzene rings is 2. The number of phenolic OH excluding ortho intramolecular Hbond substituents is 3. The fourth-order valence-electron chi connectivity index (χ4n) is 3.80. The summed E-state index contributed by atoms with van der Waals surface area (Å²) in [7, 11) is 1.05. The monoisotopic (exact) mass is 478 g/mol. The average Bonchev–Trinajstić information content (AvgIpc) is 2.80. The molecule has 2 aliphatic heterocycles. The van der Waals surface area contributed by atoms with Gasteiger partial charge in [-0.3, -0.25) is 4.79 Å². The highest BCUT2D eigenvalue weighted by molar-refractivity contribution is 6.02. The number of Topliss-reactive ketones (excluding diaryl/α,β-unsaturated/α-hetero) is 1. The molecule has 2 aromatic carbocycles. The molecular weight excluding hydrogens is 456 g/mol. The van der Waals surface area contributed by atoms with Crippen LogP contribution in [0.15, 0.2) is 30.3 Å². The van der Waals surface area contributed by atoms with Gasteiger partial charge in [-0.05, 0) is 17.7 Å². The van der Waals surface area contributed by atoms with Crippen LogP contribution in [0.1, 0.15) is 28.4 Å². The summed E-state index contributed by atoms with van der Waals surface area (Å²) in [4.78, 5) is 24.5. The Labute approximate surface area is 192 Å². The Bertz CT molecular complexity index is 1120. The predicted molar refractivity (Wildman–Crippen MR) is 110 cm³/mol. The van der Waals surface area contributed by atoms with Crippen LogP contribution in [0.5, 0.6) is 28.7 Å². The molecule has 0 spiro atoms. The molecule has 0 aliphatic carbocycles. The first kappa shape index (κ1) is 23.6. The second kappa shape index (κ2) is 8.99. The lowest BCUT2D eigenvalue weighted by Gasteiger charge is -2.39. The van der Waals surface area contributed by atoms with Gasteiger partial charge in [0.05, 0.1) is 13.5 Å². The number of phenols is 3. The number of carbonyl (C=O) groups excluding carboxylic acids is 2. The number of fused-ring (bicyclic) bond motifs is 1. The van der Waals surface area contributed by atoms with Gasteiger partial charge in [-0.2, -0.15) is 0 Å². The van der Waals surface area contributed by atoms with Crippen LogP contribution in [-0.2, 0) is 14.3 Å². The van der Waals surface area contributed by atoms with Crippen LogP contribution in [0.25, 0.3) is 0 Å². The largest absolute Gasteiger partial charge is 0.507 e. The summed E-state index contributed by atoms with van der Waals surface area (Å²) in [6, 6.07) is 6.24. The van der Waals surface area contributed by atoms with Gasteiger partial charge >= 0.3 is 5.97 Å². The second-order valence-corrected chi connectivity index (χ2v) is 7.84. The standard InChI is InChI=1S/C22H22O12/c1-31-21(30)20-18(28)17(27)19(29)22(34-20)32-9-5-12(25)16-13(26)7-14(33-15(16)6-9)8-2-3-10(23)11(24)4-8/h2-6,14,17-20,22-25,27-29H,7H2,1H3/t14-,17-,18-,19-,20+,22+/m1/s1. The Morgan fingerprint density at radius 2 is 1.71 bits per heavy atom. The lowest BCUT2D eigenvalue weighted by atomic mass is 9.95. The summed E-state index contributed by atoms with van der Waals surface area (Å²) in [5, 5.41) is 59.9. The zero-order valence-corrected chi connectivity index (χ0v) is 17.7. The number of aromatic hydroxyl groups is 3. The van der Waals surface area contributed by atoms with E-state index in [2.05, 4.69) is 4.74 Å². The van der Waals surface area contributed by atoms with E-state index in [-0.39, 0.29) is 29.2 Å². The molecule has 0 radical (unpaired) electrons. The van der Waals surface area contributed by atoms with Crippen LogP contribution < -0.4 is 9.47 Å². The molecule has 12 heteroatoms. The minimum atomic E-state index is -1.81. The molecule has 12 nitrogen and oxygen atoms in total. The van der Waals surface area contributed by atoms with E-state index in [4.69, 9.17) is 14.2 Å². The maximum atomic E-state index is 12.7. The van der Waals surface area contributed by atoms with E-state index in [0.717, 1.165) is 13.2 Å². The Hall–Kier alpha value is -3.58. The molecule has 0 saturated carbocycles. The van der Waals surface area contributed by atoms with Crippen LogP contribution in [0.2, 0.25) is 0 Å². The van der Waals surface area contributed by atoms with E-state index in [1.165, 1.54) is 24.3 Å². The maximum absolute atomic E-state index is 12.7. The molecular formula is C22H22O12. The molecule has 6 atom stereocenters. The summed E-state index contributed by atoms with van der Waals surface area (Å²) < 4.78 is 21.1. The van der Waals surface area contributed by atoms with Crippen molar-refractivity contribution < 1.29 is 59.2 Å². The summed E-state index contributed by atoms with van der Waals surface area (Å²) in [5.74, 6) is -2.91. The number of carbonyl (C=O) groups is 2. The number of rotatable bonds is 4. The Morgan fingerprint density at radius 1 is 0.971 bits per heavy atom. The zero-order valence-electron chi connectivity index (χ0n) is 17.7. The van der Waals surface area contributed by atoms with Gasteiger partial charge in [0.2, 0.25) is 6.29 Å². The van der Waals surface area contributed by atoms with Crippen LogP contribution in [0.3, 0.4) is 0 Å². The number of ether oxygens (including phenoxy) is 4. The molecule has 1 saturated heterocycles. The lowest BCUT2D eigenvalue weighted by molar-refractivity contribution is -0.271. The number of methoxy groups -OCH3 is 1. The van der Waals surface area contributed by atoms with E-state index >= 15 is 0 Å². The molecule has 2 aromatic rings. The van der Waals surface area contributed by atoms with Gasteiger partial charge in [-0.15, -0.1) is 0 Å². The minimum Gasteiger partial charge on any atom is -0.507 e. The first-order valence-corrected chi connectivity index (χ1v) is 10.1. The van der Waals surface area contributed by atoms with Gasteiger partial charge in [0, 0.05) is 12.1 Å². The first-order valence-electron chi connectivity index (χ1n) is 10.1. The van der Waals surface area contributed by atoms with Crippen molar-refractivity contribution in [3.05, 3.63) is 41.5 Å². The molecule has 0 bridgehead atoms. The van der Waals surface area contributed by atoms with Gasteiger partial charge in [-0.25, -0.2) is 4.79 Å². The van der Waals surface area contributed by atoms with E-state index in [1.807, 2.05) is 0 Å². The third-order valence-corrected chi connectivity index (χ3v) is 5.60. The maximum Gasteiger partial charge on any atom is 0.337 e. The zero-order chi connectivity index (χ0) is 24.7. The van der Waals surface area contributed by atoms with Crippen molar-refractivity contribution in [2.24, 2.45) is 0 Å². The number of aliphatic hydroxyl groups is 3. The molecule has 2 heterocycles. The van der Waals surface area contributed by atoms with E-state index in [1.54, 1.807) is 0 Å². The summed E-state index contributed by atoms with van der Waals surface area (Å²) in [6.07, 6.45) is -9.66. The predicted octanol–water partition coefficient (Wildman–Crippen LogP) is -0.131. The summed E-state index contributed by atoms with van der Waals surface area (Å²) in [6.45, 7) is 0. The Morgan fingerprint density at radius 3 is 2.38 bits per heavy atom. The molecule has 0 aromatic heterocycles. The molecule has 182 valence electrons. The van der Waals surface area contributed by atoms with Gasteiger partial charge < -0.3 is 49.6 Å². The highest BCUT2D eigenvalue weighted by Crippen LogP contribution is 2.43. The highest BCUT2D eigenvalue weighted by Gasteiger charge is 2.48. The number of hydrogen-bond donors (Lipinski definition) is 6. The molecule has 6 N–H and O–H groups in total.